The quantitative estimate of drug-likeness (QED) is 0.717. The van der Waals surface area contributed by atoms with Gasteiger partial charge in [-0.2, -0.15) is 0 Å². The van der Waals surface area contributed by atoms with Crippen LogP contribution in [0.2, 0.25) is 0 Å². The Labute approximate surface area is 97.5 Å². The Morgan fingerprint density at radius 1 is 1.44 bits per heavy atom. The minimum atomic E-state index is 0.745. The monoisotopic (exact) mass is 220 g/mol. The molecule has 0 aromatic carbocycles. The van der Waals surface area contributed by atoms with Crippen molar-refractivity contribution in [2.75, 3.05) is 20.2 Å². The average molecular weight is 220 g/mol. The zero-order valence-corrected chi connectivity index (χ0v) is 10.1. The Balaban J connectivity index is 2.49. The van der Waals surface area contributed by atoms with Gasteiger partial charge in [-0.3, -0.25) is 4.98 Å². The number of hydrogen-bond acceptors (Lipinski definition) is 3. The number of pyridine rings is 1. The molecule has 0 aliphatic rings. The predicted molar refractivity (Wildman–Crippen MR) is 67.6 cm³/mol. The van der Waals surface area contributed by atoms with Gasteiger partial charge < -0.3 is 10.1 Å². The highest BCUT2D eigenvalue weighted by Crippen LogP contribution is 2.12. The van der Waals surface area contributed by atoms with Gasteiger partial charge in [-0.05, 0) is 38.1 Å². The van der Waals surface area contributed by atoms with E-state index in [1.165, 1.54) is 0 Å². The Bertz CT molecular complexity index is 323. The average Bonchev–Trinajstić information content (AvgIpc) is 2.33. The summed E-state index contributed by atoms with van der Waals surface area (Å²) in [5, 5.41) is 3.10. The lowest BCUT2D eigenvalue weighted by Crippen LogP contribution is -2.05. The van der Waals surface area contributed by atoms with Crippen LogP contribution in [0.4, 0.5) is 0 Å². The maximum atomic E-state index is 5.51. The standard InChI is InChI=1S/C13H20N2O/c1-3-8-16-13-9-12(10-15-11-13)6-4-5-7-14-2/h4,6,9-11,14H,3,5,7-8H2,1-2H3/b6-4+. The van der Waals surface area contributed by atoms with E-state index in [0.717, 1.165) is 37.3 Å². The van der Waals surface area contributed by atoms with E-state index in [1.54, 1.807) is 6.20 Å². The topological polar surface area (TPSA) is 34.1 Å². The van der Waals surface area contributed by atoms with Gasteiger partial charge in [0.1, 0.15) is 5.75 Å². The molecule has 16 heavy (non-hydrogen) atoms. The first kappa shape index (κ1) is 12.7. The molecular weight excluding hydrogens is 200 g/mol. The maximum Gasteiger partial charge on any atom is 0.138 e. The highest BCUT2D eigenvalue weighted by molar-refractivity contribution is 5.49. The zero-order valence-electron chi connectivity index (χ0n) is 10.1. The minimum absolute atomic E-state index is 0.745. The number of aromatic nitrogens is 1. The smallest absolute Gasteiger partial charge is 0.138 e. The Kier molecular flexibility index (Phi) is 6.26. The van der Waals surface area contributed by atoms with E-state index < -0.39 is 0 Å². The molecule has 0 aliphatic heterocycles. The molecule has 1 rings (SSSR count). The molecule has 0 aliphatic carbocycles. The van der Waals surface area contributed by atoms with Gasteiger partial charge in [-0.15, -0.1) is 0 Å². The predicted octanol–water partition coefficient (Wildman–Crippen LogP) is 2.49. The number of hydrogen-bond donors (Lipinski definition) is 1. The summed E-state index contributed by atoms with van der Waals surface area (Å²) in [6.45, 7) is 3.83. The van der Waals surface area contributed by atoms with Crippen molar-refractivity contribution in [3.05, 3.63) is 30.1 Å². The van der Waals surface area contributed by atoms with Crippen molar-refractivity contribution in [1.82, 2.24) is 10.3 Å². The third kappa shape index (κ3) is 4.94. The van der Waals surface area contributed by atoms with Gasteiger partial charge in [0.05, 0.1) is 12.8 Å². The molecule has 0 bridgehead atoms. The minimum Gasteiger partial charge on any atom is -0.492 e. The lowest BCUT2D eigenvalue weighted by molar-refractivity contribution is 0.316. The van der Waals surface area contributed by atoms with Crippen molar-refractivity contribution in [3.63, 3.8) is 0 Å². The molecule has 0 fully saturated rings. The molecule has 3 nitrogen and oxygen atoms in total. The highest BCUT2D eigenvalue weighted by Gasteiger charge is 1.94. The van der Waals surface area contributed by atoms with Gasteiger partial charge in [0, 0.05) is 6.20 Å². The van der Waals surface area contributed by atoms with Crippen molar-refractivity contribution >= 4 is 6.08 Å². The molecule has 1 aromatic heterocycles. The van der Waals surface area contributed by atoms with Gasteiger partial charge in [0.15, 0.2) is 0 Å². The van der Waals surface area contributed by atoms with Crippen LogP contribution in [0.25, 0.3) is 6.08 Å². The van der Waals surface area contributed by atoms with E-state index >= 15 is 0 Å². The second-order valence-electron chi connectivity index (χ2n) is 3.60. The van der Waals surface area contributed by atoms with Crippen LogP contribution in [-0.4, -0.2) is 25.2 Å². The van der Waals surface area contributed by atoms with Gasteiger partial charge >= 0.3 is 0 Å². The molecule has 1 N–H and O–H groups in total. The van der Waals surface area contributed by atoms with E-state index in [1.807, 2.05) is 19.3 Å². The van der Waals surface area contributed by atoms with Gasteiger partial charge in [-0.1, -0.05) is 19.1 Å². The molecule has 0 unspecified atom stereocenters. The van der Waals surface area contributed by atoms with E-state index in [2.05, 4.69) is 29.4 Å². The molecule has 0 atom stereocenters. The Morgan fingerprint density at radius 3 is 3.06 bits per heavy atom. The van der Waals surface area contributed by atoms with Crippen molar-refractivity contribution < 1.29 is 4.74 Å². The van der Waals surface area contributed by atoms with Crippen LogP contribution in [0, 0.1) is 0 Å². The number of rotatable bonds is 7. The van der Waals surface area contributed by atoms with Crippen molar-refractivity contribution in [2.24, 2.45) is 0 Å². The van der Waals surface area contributed by atoms with E-state index in [0.29, 0.717) is 0 Å². The molecule has 0 saturated heterocycles. The van der Waals surface area contributed by atoms with Gasteiger partial charge in [0.25, 0.3) is 0 Å². The number of nitrogens with one attached hydrogen (secondary N) is 1. The van der Waals surface area contributed by atoms with Crippen LogP contribution in [-0.2, 0) is 0 Å². The van der Waals surface area contributed by atoms with E-state index in [-0.39, 0.29) is 0 Å². The number of nitrogens with zero attached hydrogens (tertiary/aromatic N) is 1. The largest absolute Gasteiger partial charge is 0.492 e. The Hall–Kier alpha value is -1.35. The Morgan fingerprint density at radius 2 is 2.31 bits per heavy atom. The number of ether oxygens (including phenoxy) is 1. The second kappa shape index (κ2) is 7.88. The summed E-state index contributed by atoms with van der Waals surface area (Å²) in [5.74, 6) is 0.845. The zero-order chi connectivity index (χ0) is 11.6. The molecule has 88 valence electrons. The van der Waals surface area contributed by atoms with Crippen molar-refractivity contribution in [3.8, 4) is 5.75 Å². The third-order valence-electron chi connectivity index (χ3n) is 2.08. The normalized spacial score (nSPS) is 10.9. The third-order valence-corrected chi connectivity index (χ3v) is 2.08. The summed E-state index contributed by atoms with van der Waals surface area (Å²) in [6, 6.07) is 2.01. The lowest BCUT2D eigenvalue weighted by atomic mass is 10.2. The van der Waals surface area contributed by atoms with Crippen LogP contribution in [0.5, 0.6) is 5.75 Å². The maximum absolute atomic E-state index is 5.51. The summed E-state index contributed by atoms with van der Waals surface area (Å²) in [4.78, 5) is 4.14. The summed E-state index contributed by atoms with van der Waals surface area (Å²) < 4.78 is 5.51. The fourth-order valence-corrected chi connectivity index (χ4v) is 1.27. The lowest BCUT2D eigenvalue weighted by Gasteiger charge is -2.03. The van der Waals surface area contributed by atoms with E-state index in [9.17, 15) is 0 Å². The summed E-state index contributed by atoms with van der Waals surface area (Å²) in [6.07, 6.45) is 9.84. The van der Waals surface area contributed by atoms with Crippen LogP contribution in [0.3, 0.4) is 0 Å². The second-order valence-corrected chi connectivity index (χ2v) is 3.60. The van der Waals surface area contributed by atoms with Crippen LogP contribution in [0.1, 0.15) is 25.3 Å². The molecule has 0 spiro atoms. The molecule has 1 heterocycles. The van der Waals surface area contributed by atoms with Crippen molar-refractivity contribution in [2.45, 2.75) is 19.8 Å². The molecule has 1 aromatic rings. The first-order chi connectivity index (χ1) is 7.86. The molecule has 0 amide bonds. The molecule has 0 saturated carbocycles. The van der Waals surface area contributed by atoms with Crippen LogP contribution >= 0.6 is 0 Å². The highest BCUT2D eigenvalue weighted by atomic mass is 16.5. The van der Waals surface area contributed by atoms with Gasteiger partial charge in [-0.25, -0.2) is 0 Å². The summed E-state index contributed by atoms with van der Waals surface area (Å²) >= 11 is 0. The molecule has 3 heteroatoms. The molecular formula is C13H20N2O. The van der Waals surface area contributed by atoms with Crippen LogP contribution in [0.15, 0.2) is 24.5 Å². The van der Waals surface area contributed by atoms with E-state index in [4.69, 9.17) is 4.74 Å². The van der Waals surface area contributed by atoms with Gasteiger partial charge in [0.2, 0.25) is 0 Å². The SMILES string of the molecule is CCCOc1cncc(/C=C/CCNC)c1. The molecule has 0 radical (unpaired) electrons. The summed E-state index contributed by atoms with van der Waals surface area (Å²) in [7, 11) is 1.95. The fourth-order valence-electron chi connectivity index (χ4n) is 1.27. The first-order valence-corrected chi connectivity index (χ1v) is 5.75. The summed E-state index contributed by atoms with van der Waals surface area (Å²) in [5.41, 5.74) is 1.09. The first-order valence-electron chi connectivity index (χ1n) is 5.75. The van der Waals surface area contributed by atoms with Crippen LogP contribution < -0.4 is 10.1 Å². The fraction of sp³-hybridized carbons (Fsp3) is 0.462. The van der Waals surface area contributed by atoms with Crippen molar-refractivity contribution in [1.29, 1.82) is 0 Å².